The van der Waals surface area contributed by atoms with E-state index in [9.17, 15) is 13.2 Å². The van der Waals surface area contributed by atoms with E-state index in [1.807, 2.05) is 0 Å². The van der Waals surface area contributed by atoms with Crippen molar-refractivity contribution >= 4 is 23.0 Å². The molecule has 0 saturated carbocycles. The van der Waals surface area contributed by atoms with E-state index < -0.39 is 11.7 Å². The molecule has 8 heteroatoms. The molecule has 3 heterocycles. The van der Waals surface area contributed by atoms with E-state index in [0.29, 0.717) is 11.5 Å². The van der Waals surface area contributed by atoms with Crippen LogP contribution in [-0.4, -0.2) is 15.0 Å². The number of aromatic nitrogens is 3. The summed E-state index contributed by atoms with van der Waals surface area (Å²) in [4.78, 5) is 13.1. The van der Waals surface area contributed by atoms with E-state index in [-0.39, 0.29) is 5.82 Å². The van der Waals surface area contributed by atoms with Crippen LogP contribution in [0.4, 0.5) is 24.8 Å². The van der Waals surface area contributed by atoms with Gasteiger partial charge in [0.25, 0.3) is 0 Å². The number of pyridine rings is 2. The third-order valence-corrected chi connectivity index (χ3v) is 3.57. The minimum Gasteiger partial charge on any atom is -0.325 e. The summed E-state index contributed by atoms with van der Waals surface area (Å²) in [5.41, 5.74) is 1.62. The predicted molar refractivity (Wildman–Crippen MR) is 77.9 cm³/mol. The summed E-state index contributed by atoms with van der Waals surface area (Å²) in [6.07, 6.45) is -1.62. The molecule has 0 atom stereocenters. The standard InChI is InChI=1S/C14H9F3N4S/c15-14(16,17)9-4-5-19-13(6-9)21-12-3-1-2-10(20-12)11-7-18-8-22-11/h1-8H,(H,19,20,21). The average Bonchev–Trinajstić information content (AvgIpc) is 3.01. The predicted octanol–water partition coefficient (Wildman–Crippen LogP) is 4.36. The molecule has 0 saturated heterocycles. The van der Waals surface area contributed by atoms with E-state index in [2.05, 4.69) is 20.3 Å². The molecule has 3 rings (SSSR count). The second-order valence-corrected chi connectivity index (χ2v) is 5.21. The Balaban J connectivity index is 1.86. The van der Waals surface area contributed by atoms with Crippen molar-refractivity contribution in [1.82, 2.24) is 15.0 Å². The van der Waals surface area contributed by atoms with Crippen molar-refractivity contribution in [3.63, 3.8) is 0 Å². The van der Waals surface area contributed by atoms with Crippen LogP contribution in [-0.2, 0) is 6.18 Å². The molecule has 0 fully saturated rings. The van der Waals surface area contributed by atoms with Crippen LogP contribution in [0.25, 0.3) is 10.6 Å². The summed E-state index contributed by atoms with van der Waals surface area (Å²) < 4.78 is 38.0. The fraction of sp³-hybridized carbons (Fsp3) is 0.0714. The lowest BCUT2D eigenvalue weighted by Crippen LogP contribution is -2.06. The molecular formula is C14H9F3N4S. The van der Waals surface area contributed by atoms with Gasteiger partial charge in [-0.3, -0.25) is 4.98 Å². The molecule has 3 aromatic heterocycles. The van der Waals surface area contributed by atoms with E-state index in [0.717, 1.165) is 23.2 Å². The van der Waals surface area contributed by atoms with Gasteiger partial charge in [-0.1, -0.05) is 6.07 Å². The molecule has 0 aliphatic carbocycles. The van der Waals surface area contributed by atoms with E-state index >= 15 is 0 Å². The lowest BCUT2D eigenvalue weighted by Gasteiger charge is -2.09. The van der Waals surface area contributed by atoms with Crippen LogP contribution in [0.5, 0.6) is 0 Å². The van der Waals surface area contributed by atoms with Gasteiger partial charge in [-0.2, -0.15) is 13.2 Å². The van der Waals surface area contributed by atoms with Crippen LogP contribution in [0.1, 0.15) is 5.56 Å². The second-order valence-electron chi connectivity index (χ2n) is 4.33. The molecule has 112 valence electrons. The first kappa shape index (κ1) is 14.5. The summed E-state index contributed by atoms with van der Waals surface area (Å²) in [5, 5.41) is 2.78. The topological polar surface area (TPSA) is 50.7 Å². The van der Waals surface area contributed by atoms with Crippen molar-refractivity contribution in [1.29, 1.82) is 0 Å². The first-order chi connectivity index (χ1) is 10.5. The molecule has 0 aliphatic rings. The Hall–Kier alpha value is -2.48. The number of anilines is 2. The summed E-state index contributed by atoms with van der Waals surface area (Å²) >= 11 is 1.43. The van der Waals surface area contributed by atoms with Crippen LogP contribution in [0, 0.1) is 0 Å². The van der Waals surface area contributed by atoms with Gasteiger partial charge in [0.05, 0.1) is 21.6 Å². The highest BCUT2D eigenvalue weighted by molar-refractivity contribution is 7.13. The summed E-state index contributed by atoms with van der Waals surface area (Å²) in [5.74, 6) is 0.501. The monoisotopic (exact) mass is 322 g/mol. The molecule has 0 spiro atoms. The SMILES string of the molecule is FC(F)(F)c1ccnc(Nc2cccc(-c3cncs3)n2)c1. The number of halogens is 3. The van der Waals surface area contributed by atoms with Crippen LogP contribution < -0.4 is 5.32 Å². The maximum absolute atomic E-state index is 12.7. The molecule has 1 N–H and O–H groups in total. The maximum atomic E-state index is 12.7. The molecule has 3 aromatic rings. The third-order valence-electron chi connectivity index (χ3n) is 2.78. The van der Waals surface area contributed by atoms with Gasteiger partial charge < -0.3 is 5.32 Å². The van der Waals surface area contributed by atoms with Crippen molar-refractivity contribution in [2.45, 2.75) is 6.18 Å². The van der Waals surface area contributed by atoms with Crippen molar-refractivity contribution in [2.75, 3.05) is 5.32 Å². The molecule has 0 aliphatic heterocycles. The number of nitrogens with one attached hydrogen (secondary N) is 1. The van der Waals surface area contributed by atoms with Gasteiger partial charge in [-0.25, -0.2) is 9.97 Å². The summed E-state index contributed by atoms with van der Waals surface area (Å²) in [6, 6.07) is 7.09. The zero-order valence-corrected chi connectivity index (χ0v) is 11.8. The number of nitrogens with zero attached hydrogens (tertiary/aromatic N) is 3. The number of alkyl halides is 3. The van der Waals surface area contributed by atoms with Crippen molar-refractivity contribution < 1.29 is 13.2 Å². The van der Waals surface area contributed by atoms with Crippen LogP contribution in [0.2, 0.25) is 0 Å². The minimum atomic E-state index is -4.41. The first-order valence-electron chi connectivity index (χ1n) is 6.18. The van der Waals surface area contributed by atoms with Gasteiger partial charge in [0.15, 0.2) is 0 Å². The number of hydrogen-bond acceptors (Lipinski definition) is 5. The number of thiazole rings is 1. The average molecular weight is 322 g/mol. The van der Waals surface area contributed by atoms with Crippen molar-refractivity contribution in [3.8, 4) is 10.6 Å². The zero-order valence-electron chi connectivity index (χ0n) is 11.0. The molecule has 0 unspecified atom stereocenters. The van der Waals surface area contributed by atoms with Crippen molar-refractivity contribution in [3.05, 3.63) is 53.8 Å². The van der Waals surface area contributed by atoms with Crippen LogP contribution >= 0.6 is 11.3 Å². The Morgan fingerprint density at radius 3 is 2.68 bits per heavy atom. The number of hydrogen-bond donors (Lipinski definition) is 1. The highest BCUT2D eigenvalue weighted by Gasteiger charge is 2.30. The Morgan fingerprint density at radius 2 is 1.95 bits per heavy atom. The quantitative estimate of drug-likeness (QED) is 0.778. The smallest absolute Gasteiger partial charge is 0.325 e. The van der Waals surface area contributed by atoms with Crippen LogP contribution in [0.15, 0.2) is 48.2 Å². The van der Waals surface area contributed by atoms with Gasteiger partial charge in [-0.15, -0.1) is 11.3 Å². The molecular weight excluding hydrogens is 313 g/mol. The van der Waals surface area contributed by atoms with E-state index in [1.165, 1.54) is 11.3 Å². The molecule has 22 heavy (non-hydrogen) atoms. The number of rotatable bonds is 3. The largest absolute Gasteiger partial charge is 0.416 e. The summed E-state index contributed by atoms with van der Waals surface area (Å²) in [7, 11) is 0. The Bertz CT molecular complexity index is 772. The molecule has 0 bridgehead atoms. The lowest BCUT2D eigenvalue weighted by atomic mass is 10.2. The molecule has 0 aromatic carbocycles. The fourth-order valence-corrected chi connectivity index (χ4v) is 2.38. The van der Waals surface area contributed by atoms with Gasteiger partial charge in [0, 0.05) is 12.4 Å². The van der Waals surface area contributed by atoms with Crippen LogP contribution in [0.3, 0.4) is 0 Å². The third kappa shape index (κ3) is 3.22. The normalized spacial score (nSPS) is 11.4. The molecule has 0 amide bonds. The highest BCUT2D eigenvalue weighted by Crippen LogP contribution is 2.30. The molecule has 0 radical (unpaired) electrons. The van der Waals surface area contributed by atoms with E-state index in [1.54, 1.807) is 29.9 Å². The van der Waals surface area contributed by atoms with Gasteiger partial charge in [0.1, 0.15) is 11.6 Å². The summed E-state index contributed by atoms with van der Waals surface area (Å²) in [6.45, 7) is 0. The Labute approximate surface area is 127 Å². The maximum Gasteiger partial charge on any atom is 0.416 e. The Kier molecular flexibility index (Phi) is 3.76. The van der Waals surface area contributed by atoms with E-state index in [4.69, 9.17) is 0 Å². The Morgan fingerprint density at radius 1 is 1.09 bits per heavy atom. The van der Waals surface area contributed by atoms with Crippen molar-refractivity contribution in [2.24, 2.45) is 0 Å². The second kappa shape index (κ2) is 5.72. The molecule has 4 nitrogen and oxygen atoms in total. The lowest BCUT2D eigenvalue weighted by molar-refractivity contribution is -0.137. The van der Waals surface area contributed by atoms with Gasteiger partial charge >= 0.3 is 6.18 Å². The fourth-order valence-electron chi connectivity index (χ4n) is 1.79. The highest BCUT2D eigenvalue weighted by atomic mass is 32.1. The van der Waals surface area contributed by atoms with Gasteiger partial charge in [0.2, 0.25) is 0 Å². The van der Waals surface area contributed by atoms with Gasteiger partial charge in [-0.05, 0) is 24.3 Å². The minimum absolute atomic E-state index is 0.0868. The first-order valence-corrected chi connectivity index (χ1v) is 7.06. The zero-order chi connectivity index (χ0) is 15.6.